The highest BCUT2D eigenvalue weighted by Gasteiger charge is 2.41. The lowest BCUT2D eigenvalue weighted by Crippen LogP contribution is -2.45. The van der Waals surface area contributed by atoms with E-state index >= 15 is 0 Å². The quantitative estimate of drug-likeness (QED) is 0.360. The number of nitrogens with one attached hydrogen (secondary N) is 3. The van der Waals surface area contributed by atoms with Crippen LogP contribution in [0.2, 0.25) is 0 Å². The number of alkyl halides is 1. The molecule has 3 N–H and O–H groups in total. The lowest BCUT2D eigenvalue weighted by atomic mass is 9.91. The second-order valence-corrected chi connectivity index (χ2v) is 11.2. The summed E-state index contributed by atoms with van der Waals surface area (Å²) in [7, 11) is 3.33. The second kappa shape index (κ2) is 10.8. The molecule has 206 valence electrons. The maximum Gasteiger partial charge on any atom is 0.255 e. The molecule has 0 radical (unpaired) electrons. The number of methoxy groups -OCH3 is 1. The molecular weight excluding hydrogens is 518 g/mol. The molecule has 1 aromatic heterocycles. The number of hydrogen-bond acceptors (Lipinski definition) is 8. The van der Waals surface area contributed by atoms with Gasteiger partial charge in [-0.1, -0.05) is 24.4 Å². The minimum atomic E-state index is -0.560. The van der Waals surface area contributed by atoms with Gasteiger partial charge in [-0.15, -0.1) is 0 Å². The molecule has 1 fully saturated rings. The third-order valence-electron chi connectivity index (χ3n) is 7.41. The highest BCUT2D eigenvalue weighted by molar-refractivity contribution is 6.21. The van der Waals surface area contributed by atoms with Crippen LogP contribution in [0.4, 0.5) is 23.1 Å². The van der Waals surface area contributed by atoms with Crippen LogP contribution in [-0.4, -0.2) is 54.0 Å². The van der Waals surface area contributed by atoms with Crippen LogP contribution < -0.4 is 30.5 Å². The summed E-state index contributed by atoms with van der Waals surface area (Å²) in [5.41, 5.74) is 1.39. The first-order valence-electron chi connectivity index (χ1n) is 13.1. The first-order chi connectivity index (χ1) is 18.7. The molecule has 2 aromatic rings. The first-order valence-corrected chi connectivity index (χ1v) is 13.6. The zero-order valence-electron chi connectivity index (χ0n) is 22.6. The van der Waals surface area contributed by atoms with Gasteiger partial charge >= 0.3 is 0 Å². The van der Waals surface area contributed by atoms with Crippen molar-refractivity contribution in [1.29, 1.82) is 0 Å². The van der Waals surface area contributed by atoms with Gasteiger partial charge in [-0.25, -0.2) is 4.98 Å². The fourth-order valence-corrected chi connectivity index (χ4v) is 5.57. The predicted octanol–water partition coefficient (Wildman–Crippen LogP) is 4.28. The van der Waals surface area contributed by atoms with Crippen LogP contribution in [0.5, 0.6) is 5.75 Å². The maximum atomic E-state index is 13.2. The van der Waals surface area contributed by atoms with Gasteiger partial charge in [-0.05, 0) is 63.2 Å². The van der Waals surface area contributed by atoms with E-state index in [2.05, 4.69) is 25.8 Å². The number of amides is 2. The van der Waals surface area contributed by atoms with Crippen molar-refractivity contribution in [3.63, 3.8) is 0 Å². The van der Waals surface area contributed by atoms with Gasteiger partial charge in [0.1, 0.15) is 16.9 Å². The summed E-state index contributed by atoms with van der Waals surface area (Å²) in [6.07, 6.45) is 11.3. The Hall–Kier alpha value is -3.79. The minimum Gasteiger partial charge on any atom is -0.495 e. The lowest BCUT2D eigenvalue weighted by Gasteiger charge is -2.34. The number of dihydropyridines is 1. The molecule has 10 nitrogen and oxygen atoms in total. The molecule has 1 unspecified atom stereocenters. The van der Waals surface area contributed by atoms with E-state index in [1.807, 2.05) is 13.8 Å². The summed E-state index contributed by atoms with van der Waals surface area (Å²) in [4.78, 5) is 39.5. The van der Waals surface area contributed by atoms with Crippen molar-refractivity contribution in [2.45, 2.75) is 51.1 Å². The van der Waals surface area contributed by atoms with Crippen LogP contribution in [0.1, 0.15) is 49.9 Å². The molecule has 1 atom stereocenters. The Morgan fingerprint density at radius 2 is 2.03 bits per heavy atom. The van der Waals surface area contributed by atoms with Gasteiger partial charge in [-0.3, -0.25) is 9.59 Å². The molecule has 0 spiro atoms. The van der Waals surface area contributed by atoms with E-state index in [1.54, 1.807) is 61.8 Å². The van der Waals surface area contributed by atoms with Gasteiger partial charge in [0.2, 0.25) is 11.9 Å². The molecule has 1 aliphatic carbocycles. The highest BCUT2D eigenvalue weighted by atomic mass is 35.5. The summed E-state index contributed by atoms with van der Waals surface area (Å²) in [6, 6.07) is 5.45. The van der Waals surface area contributed by atoms with Gasteiger partial charge < -0.3 is 30.5 Å². The van der Waals surface area contributed by atoms with Crippen LogP contribution >= 0.6 is 11.6 Å². The zero-order valence-corrected chi connectivity index (χ0v) is 23.4. The topological polar surface area (TPSA) is 112 Å². The Morgan fingerprint density at radius 3 is 2.74 bits per heavy atom. The standard InChI is InChI=1S/C28H34ClN7O3/c1-28(2)16-36(19-7-5-6-8-19)24-21(35(3)26(28)38)15-31-27(34-24)33-20-10-9-17(13-22(20)39-4)25(37)32-18-11-12-30-23(29)14-18/h9-15,19,23,30H,5-8,16H2,1-4H3,(H,32,37)(H,31,33,34). The molecule has 39 heavy (non-hydrogen) atoms. The van der Waals surface area contributed by atoms with E-state index in [1.165, 1.54) is 12.8 Å². The van der Waals surface area contributed by atoms with Crippen molar-refractivity contribution in [2.24, 2.45) is 5.41 Å². The first kappa shape index (κ1) is 26.8. The molecule has 1 saturated carbocycles. The van der Waals surface area contributed by atoms with Gasteiger partial charge in [0.15, 0.2) is 5.82 Å². The van der Waals surface area contributed by atoms with E-state index in [0.717, 1.165) is 18.7 Å². The number of anilines is 4. The zero-order chi connectivity index (χ0) is 27.7. The number of benzene rings is 1. The fourth-order valence-electron chi connectivity index (χ4n) is 5.36. The van der Waals surface area contributed by atoms with E-state index in [0.29, 0.717) is 46.9 Å². The van der Waals surface area contributed by atoms with Crippen molar-refractivity contribution >= 4 is 46.6 Å². The number of nitrogens with zero attached hydrogens (tertiary/aromatic N) is 4. The number of hydrogen-bond donors (Lipinski definition) is 3. The Bertz CT molecular complexity index is 1340. The van der Waals surface area contributed by atoms with Gasteiger partial charge in [0.25, 0.3) is 5.91 Å². The molecule has 1 aromatic carbocycles. The van der Waals surface area contributed by atoms with E-state index in [9.17, 15) is 9.59 Å². The number of allylic oxidation sites excluding steroid dienone is 1. The SMILES string of the molecule is COc1cc(C(=O)NC2=CC(Cl)NC=C2)ccc1Nc1ncc2c(n1)N(C1CCCC1)CC(C)(C)C(=O)N2C. The Balaban J connectivity index is 1.42. The normalized spacial score (nSPS) is 20.6. The second-order valence-electron chi connectivity index (χ2n) is 10.7. The molecule has 2 aliphatic heterocycles. The third kappa shape index (κ3) is 5.52. The average molecular weight is 552 g/mol. The molecule has 3 aliphatic rings. The number of fused-ring (bicyclic) bond motifs is 1. The number of aromatic nitrogens is 2. The van der Waals surface area contributed by atoms with Gasteiger partial charge in [0.05, 0.1) is 24.4 Å². The van der Waals surface area contributed by atoms with Crippen LogP contribution in [-0.2, 0) is 4.79 Å². The summed E-state index contributed by atoms with van der Waals surface area (Å²) in [5, 5.41) is 9.01. The van der Waals surface area contributed by atoms with Crippen LogP contribution in [0.3, 0.4) is 0 Å². The minimum absolute atomic E-state index is 0.0430. The highest BCUT2D eigenvalue weighted by Crippen LogP contribution is 2.40. The largest absolute Gasteiger partial charge is 0.495 e. The van der Waals surface area contributed by atoms with E-state index in [-0.39, 0.29) is 17.3 Å². The number of ether oxygens (including phenoxy) is 1. The predicted molar refractivity (Wildman–Crippen MR) is 153 cm³/mol. The summed E-state index contributed by atoms with van der Waals surface area (Å²) >= 11 is 6.06. The molecule has 2 amide bonds. The molecule has 3 heterocycles. The van der Waals surface area contributed by atoms with Crippen molar-refractivity contribution in [3.05, 3.63) is 54.0 Å². The lowest BCUT2D eigenvalue weighted by molar-refractivity contribution is -0.125. The van der Waals surface area contributed by atoms with Crippen molar-refractivity contribution in [1.82, 2.24) is 20.6 Å². The third-order valence-corrected chi connectivity index (χ3v) is 7.66. The fraction of sp³-hybridized carbons (Fsp3) is 0.429. The molecule has 5 rings (SSSR count). The Morgan fingerprint density at radius 1 is 1.26 bits per heavy atom. The Kier molecular flexibility index (Phi) is 7.40. The number of halogens is 1. The molecular formula is C28H34ClN7O3. The average Bonchev–Trinajstić information content (AvgIpc) is 3.44. The number of carbonyl (C=O) groups is 2. The molecule has 0 bridgehead atoms. The maximum absolute atomic E-state index is 13.2. The van der Waals surface area contributed by atoms with Crippen LogP contribution in [0.25, 0.3) is 0 Å². The molecule has 0 saturated heterocycles. The summed E-state index contributed by atoms with van der Waals surface area (Å²) < 4.78 is 5.59. The van der Waals surface area contributed by atoms with Crippen molar-refractivity contribution in [3.8, 4) is 5.75 Å². The van der Waals surface area contributed by atoms with Crippen molar-refractivity contribution in [2.75, 3.05) is 35.8 Å². The smallest absolute Gasteiger partial charge is 0.255 e. The van der Waals surface area contributed by atoms with Crippen LogP contribution in [0, 0.1) is 5.41 Å². The van der Waals surface area contributed by atoms with Crippen molar-refractivity contribution < 1.29 is 14.3 Å². The molecule has 11 heteroatoms. The van der Waals surface area contributed by atoms with E-state index < -0.39 is 5.41 Å². The van der Waals surface area contributed by atoms with Crippen LogP contribution in [0.15, 0.2) is 48.4 Å². The summed E-state index contributed by atoms with van der Waals surface area (Å²) in [6.45, 7) is 4.56. The number of carbonyl (C=O) groups excluding carboxylic acids is 2. The van der Waals surface area contributed by atoms with Gasteiger partial charge in [-0.2, -0.15) is 4.98 Å². The van der Waals surface area contributed by atoms with E-state index in [4.69, 9.17) is 21.3 Å². The van der Waals surface area contributed by atoms with Gasteiger partial charge in [0, 0.05) is 30.9 Å². The summed E-state index contributed by atoms with van der Waals surface area (Å²) in [5.74, 6) is 1.35. The Labute approximate surface area is 233 Å². The monoisotopic (exact) mass is 551 g/mol. The number of rotatable bonds is 6.